The van der Waals surface area contributed by atoms with E-state index < -0.39 is 0 Å². The molecule has 1 atom stereocenters. The summed E-state index contributed by atoms with van der Waals surface area (Å²) in [6.07, 6.45) is 13.7. The van der Waals surface area contributed by atoms with Gasteiger partial charge in [-0.2, -0.15) is 5.10 Å². The van der Waals surface area contributed by atoms with Crippen molar-refractivity contribution in [3.8, 4) is 0 Å². The molecule has 0 fully saturated rings. The molecule has 1 aromatic heterocycles. The number of H-pyrrole nitrogens is 1. The summed E-state index contributed by atoms with van der Waals surface area (Å²) in [4.78, 5) is 4.25. The summed E-state index contributed by atoms with van der Waals surface area (Å²) in [6, 6.07) is 0.340. The van der Waals surface area contributed by atoms with Gasteiger partial charge in [0.05, 0.1) is 6.04 Å². The van der Waals surface area contributed by atoms with Crippen LogP contribution in [0.15, 0.2) is 6.33 Å². The minimum Gasteiger partial charge on any atom is -0.308 e. The summed E-state index contributed by atoms with van der Waals surface area (Å²) in [5.74, 6) is 0.977. The number of nitrogens with zero attached hydrogens (tertiary/aromatic N) is 2. The first-order chi connectivity index (χ1) is 9.38. The minimum absolute atomic E-state index is 0.340. The predicted octanol–water partition coefficient (Wildman–Crippen LogP) is 3.99. The molecule has 1 aromatic rings. The van der Waals surface area contributed by atoms with Gasteiger partial charge in [-0.05, 0) is 13.0 Å². The van der Waals surface area contributed by atoms with Crippen LogP contribution in [0, 0.1) is 0 Å². The molecular formula is C15H30N4. The molecule has 0 bridgehead atoms. The zero-order valence-electron chi connectivity index (χ0n) is 12.6. The van der Waals surface area contributed by atoms with E-state index in [9.17, 15) is 0 Å². The van der Waals surface area contributed by atoms with Gasteiger partial charge in [0.15, 0.2) is 0 Å². The first kappa shape index (κ1) is 16.2. The van der Waals surface area contributed by atoms with Gasteiger partial charge in [-0.3, -0.25) is 5.10 Å². The van der Waals surface area contributed by atoms with Crippen LogP contribution in [0.2, 0.25) is 0 Å². The van der Waals surface area contributed by atoms with Gasteiger partial charge in [-0.15, -0.1) is 0 Å². The Morgan fingerprint density at radius 3 is 2.32 bits per heavy atom. The van der Waals surface area contributed by atoms with Crippen molar-refractivity contribution in [3.05, 3.63) is 12.2 Å². The van der Waals surface area contributed by atoms with Crippen molar-refractivity contribution in [1.82, 2.24) is 20.5 Å². The summed E-state index contributed by atoms with van der Waals surface area (Å²) in [6.45, 7) is 5.38. The molecule has 4 nitrogen and oxygen atoms in total. The van der Waals surface area contributed by atoms with Crippen molar-refractivity contribution in [2.45, 2.75) is 77.7 Å². The number of aromatic nitrogens is 3. The van der Waals surface area contributed by atoms with Crippen LogP contribution in [0.5, 0.6) is 0 Å². The lowest BCUT2D eigenvalue weighted by Crippen LogP contribution is -2.22. The summed E-state index contributed by atoms with van der Waals surface area (Å²) in [5.41, 5.74) is 0. The molecule has 110 valence electrons. The van der Waals surface area contributed by atoms with Gasteiger partial charge in [-0.25, -0.2) is 4.98 Å². The van der Waals surface area contributed by atoms with Crippen LogP contribution in [0.1, 0.15) is 83.5 Å². The van der Waals surface area contributed by atoms with Crippen molar-refractivity contribution in [3.63, 3.8) is 0 Å². The predicted molar refractivity (Wildman–Crippen MR) is 80.0 cm³/mol. The molecule has 0 aromatic carbocycles. The van der Waals surface area contributed by atoms with E-state index in [1.807, 2.05) is 0 Å². The molecule has 0 aliphatic heterocycles. The van der Waals surface area contributed by atoms with Crippen molar-refractivity contribution in [2.75, 3.05) is 6.54 Å². The maximum Gasteiger partial charge on any atom is 0.141 e. The van der Waals surface area contributed by atoms with Crippen LogP contribution in [-0.4, -0.2) is 21.7 Å². The highest BCUT2D eigenvalue weighted by atomic mass is 15.2. The molecule has 19 heavy (non-hydrogen) atoms. The Labute approximate surface area is 117 Å². The Balaban J connectivity index is 2.06. The summed E-state index contributed by atoms with van der Waals surface area (Å²) in [7, 11) is 0. The molecular weight excluding hydrogens is 236 g/mol. The zero-order chi connectivity index (χ0) is 13.8. The van der Waals surface area contributed by atoms with Crippen LogP contribution in [0.3, 0.4) is 0 Å². The van der Waals surface area contributed by atoms with E-state index in [1.165, 1.54) is 51.4 Å². The first-order valence-electron chi connectivity index (χ1n) is 7.97. The number of nitrogens with one attached hydrogen (secondary N) is 2. The van der Waals surface area contributed by atoms with E-state index >= 15 is 0 Å². The Kier molecular flexibility index (Phi) is 9.33. The maximum absolute atomic E-state index is 4.25. The minimum atomic E-state index is 0.340. The Hall–Kier alpha value is -0.900. The van der Waals surface area contributed by atoms with E-state index in [0.717, 1.165) is 18.8 Å². The highest BCUT2D eigenvalue weighted by molar-refractivity contribution is 4.90. The van der Waals surface area contributed by atoms with Crippen molar-refractivity contribution in [1.29, 1.82) is 0 Å². The van der Waals surface area contributed by atoms with E-state index in [4.69, 9.17) is 0 Å². The molecule has 0 aliphatic rings. The van der Waals surface area contributed by atoms with Crippen LogP contribution in [0.4, 0.5) is 0 Å². The molecule has 0 radical (unpaired) electrons. The summed E-state index contributed by atoms with van der Waals surface area (Å²) >= 11 is 0. The Morgan fingerprint density at radius 2 is 1.74 bits per heavy atom. The summed E-state index contributed by atoms with van der Waals surface area (Å²) in [5, 5.41) is 10.4. The van der Waals surface area contributed by atoms with E-state index in [1.54, 1.807) is 6.33 Å². The zero-order valence-corrected chi connectivity index (χ0v) is 12.6. The van der Waals surface area contributed by atoms with Gasteiger partial charge < -0.3 is 5.32 Å². The van der Waals surface area contributed by atoms with Crippen LogP contribution in [0.25, 0.3) is 0 Å². The number of hydrogen-bond acceptors (Lipinski definition) is 3. The maximum atomic E-state index is 4.25. The fraction of sp³-hybridized carbons (Fsp3) is 0.867. The topological polar surface area (TPSA) is 53.6 Å². The molecule has 0 amide bonds. The van der Waals surface area contributed by atoms with E-state index in [0.29, 0.717) is 6.04 Å². The van der Waals surface area contributed by atoms with Crippen LogP contribution < -0.4 is 5.32 Å². The van der Waals surface area contributed by atoms with Gasteiger partial charge in [0.25, 0.3) is 0 Å². The average Bonchev–Trinajstić information content (AvgIpc) is 2.94. The number of aromatic amines is 1. The summed E-state index contributed by atoms with van der Waals surface area (Å²) < 4.78 is 0. The molecule has 1 rings (SSSR count). The van der Waals surface area contributed by atoms with Gasteiger partial charge >= 0.3 is 0 Å². The SMILES string of the molecule is CCCCCCCCCCC(NCC)c1ncn[nH]1. The third-order valence-corrected chi connectivity index (χ3v) is 3.56. The normalized spacial score (nSPS) is 12.7. The lowest BCUT2D eigenvalue weighted by molar-refractivity contribution is 0.458. The quantitative estimate of drug-likeness (QED) is 0.562. The average molecular weight is 266 g/mol. The molecule has 0 aliphatic carbocycles. The fourth-order valence-corrected chi connectivity index (χ4v) is 2.45. The number of hydrogen-bond donors (Lipinski definition) is 2. The smallest absolute Gasteiger partial charge is 0.141 e. The van der Waals surface area contributed by atoms with Crippen LogP contribution >= 0.6 is 0 Å². The lowest BCUT2D eigenvalue weighted by Gasteiger charge is -2.14. The third-order valence-electron chi connectivity index (χ3n) is 3.56. The van der Waals surface area contributed by atoms with Crippen molar-refractivity contribution < 1.29 is 0 Å². The van der Waals surface area contributed by atoms with E-state index in [-0.39, 0.29) is 0 Å². The molecule has 0 spiro atoms. The molecule has 1 heterocycles. The highest BCUT2D eigenvalue weighted by Crippen LogP contribution is 2.17. The highest BCUT2D eigenvalue weighted by Gasteiger charge is 2.12. The fourth-order valence-electron chi connectivity index (χ4n) is 2.45. The number of rotatable bonds is 12. The second-order valence-electron chi connectivity index (χ2n) is 5.24. The van der Waals surface area contributed by atoms with Crippen molar-refractivity contribution in [2.24, 2.45) is 0 Å². The largest absolute Gasteiger partial charge is 0.308 e. The number of unbranched alkanes of at least 4 members (excludes halogenated alkanes) is 7. The second-order valence-corrected chi connectivity index (χ2v) is 5.24. The van der Waals surface area contributed by atoms with Gasteiger partial charge in [0.2, 0.25) is 0 Å². The Bertz CT molecular complexity index is 284. The third kappa shape index (κ3) is 7.31. The molecule has 0 saturated heterocycles. The monoisotopic (exact) mass is 266 g/mol. The molecule has 0 saturated carbocycles. The van der Waals surface area contributed by atoms with E-state index in [2.05, 4.69) is 34.3 Å². The van der Waals surface area contributed by atoms with Crippen molar-refractivity contribution >= 4 is 0 Å². The molecule has 4 heteroatoms. The molecule has 1 unspecified atom stereocenters. The second kappa shape index (κ2) is 11.0. The van der Waals surface area contributed by atoms with Gasteiger partial charge in [0, 0.05) is 0 Å². The Morgan fingerprint density at radius 1 is 1.05 bits per heavy atom. The molecule has 2 N–H and O–H groups in total. The first-order valence-corrected chi connectivity index (χ1v) is 7.97. The lowest BCUT2D eigenvalue weighted by atomic mass is 10.0. The van der Waals surface area contributed by atoms with Crippen LogP contribution in [-0.2, 0) is 0 Å². The van der Waals surface area contributed by atoms with Gasteiger partial charge in [0.1, 0.15) is 12.2 Å². The van der Waals surface area contributed by atoms with Gasteiger partial charge in [-0.1, -0.05) is 65.2 Å². The standard InChI is InChI=1S/C15H30N4/c1-3-5-6-7-8-9-10-11-12-14(16-4-2)15-17-13-18-19-15/h13-14,16H,3-12H2,1-2H3,(H,17,18,19).